The molecule has 2 N–H and O–H groups in total. The predicted molar refractivity (Wildman–Crippen MR) is 90.2 cm³/mol. The summed E-state index contributed by atoms with van der Waals surface area (Å²) in [5, 5.41) is 8.45. The molecule has 0 aliphatic heterocycles. The summed E-state index contributed by atoms with van der Waals surface area (Å²) in [4.78, 5) is 4.38. The maximum atomic E-state index is 6.27. The van der Waals surface area contributed by atoms with Crippen molar-refractivity contribution >= 4 is 16.9 Å². The van der Waals surface area contributed by atoms with Crippen LogP contribution in [0.5, 0.6) is 0 Å². The van der Waals surface area contributed by atoms with Gasteiger partial charge in [-0.05, 0) is 31.2 Å². The third-order valence-electron chi connectivity index (χ3n) is 3.98. The molecule has 2 aromatic heterocycles. The van der Waals surface area contributed by atoms with Gasteiger partial charge in [-0.3, -0.25) is 0 Å². The Morgan fingerprint density at radius 3 is 2.61 bits per heavy atom. The summed E-state index contributed by atoms with van der Waals surface area (Å²) < 4.78 is 3.63. The summed E-state index contributed by atoms with van der Waals surface area (Å²) in [5.41, 5.74) is 11.9. The van der Waals surface area contributed by atoms with Gasteiger partial charge >= 0.3 is 0 Å². The fourth-order valence-corrected chi connectivity index (χ4v) is 2.65. The van der Waals surface area contributed by atoms with E-state index in [0.717, 1.165) is 22.3 Å². The second-order valence-corrected chi connectivity index (χ2v) is 5.63. The SMILES string of the molecule is Cc1ccc(-n2nnc(-c3ccc4c(c3)ncn4C)c2N)cc1. The van der Waals surface area contributed by atoms with E-state index in [1.54, 1.807) is 11.0 Å². The maximum Gasteiger partial charge on any atom is 0.155 e. The van der Waals surface area contributed by atoms with Crippen molar-refractivity contribution in [2.75, 3.05) is 5.73 Å². The minimum Gasteiger partial charge on any atom is -0.382 e. The normalized spacial score (nSPS) is 11.2. The molecule has 0 saturated heterocycles. The largest absolute Gasteiger partial charge is 0.382 e. The molecular formula is C17H16N6. The molecule has 0 bridgehead atoms. The molecule has 0 radical (unpaired) electrons. The molecule has 0 aliphatic carbocycles. The van der Waals surface area contributed by atoms with Crippen molar-refractivity contribution in [3.63, 3.8) is 0 Å². The lowest BCUT2D eigenvalue weighted by atomic mass is 10.1. The third-order valence-corrected chi connectivity index (χ3v) is 3.98. The average Bonchev–Trinajstić information content (AvgIpc) is 3.11. The quantitative estimate of drug-likeness (QED) is 0.618. The molecule has 6 heteroatoms. The van der Waals surface area contributed by atoms with Crippen LogP contribution < -0.4 is 5.73 Å². The van der Waals surface area contributed by atoms with E-state index in [2.05, 4.69) is 15.3 Å². The van der Waals surface area contributed by atoms with Crippen LogP contribution in [0, 0.1) is 6.92 Å². The fourth-order valence-electron chi connectivity index (χ4n) is 2.65. The summed E-state index contributed by atoms with van der Waals surface area (Å²) in [6, 6.07) is 14.0. The van der Waals surface area contributed by atoms with Crippen LogP contribution in [0.25, 0.3) is 28.0 Å². The highest BCUT2D eigenvalue weighted by atomic mass is 15.5. The third kappa shape index (κ3) is 2.15. The first kappa shape index (κ1) is 13.5. The molecule has 0 unspecified atom stereocenters. The van der Waals surface area contributed by atoms with Gasteiger partial charge in [0.1, 0.15) is 5.69 Å². The summed E-state index contributed by atoms with van der Waals surface area (Å²) in [6.45, 7) is 2.04. The molecule has 114 valence electrons. The van der Waals surface area contributed by atoms with Crippen LogP contribution >= 0.6 is 0 Å². The smallest absolute Gasteiger partial charge is 0.155 e. The molecule has 0 saturated carbocycles. The standard InChI is InChI=1S/C17H16N6/c1-11-3-6-13(7-4-11)23-17(18)16(20-21-23)12-5-8-15-14(9-12)19-10-22(15)2/h3-10H,18H2,1-2H3. The van der Waals surface area contributed by atoms with Gasteiger partial charge in [-0.25, -0.2) is 4.98 Å². The topological polar surface area (TPSA) is 74.5 Å². The molecule has 4 aromatic rings. The Bertz CT molecular complexity index is 994. The van der Waals surface area contributed by atoms with Gasteiger partial charge in [-0.1, -0.05) is 29.0 Å². The van der Waals surface area contributed by atoms with Gasteiger partial charge in [0.2, 0.25) is 0 Å². The summed E-state index contributed by atoms with van der Waals surface area (Å²) >= 11 is 0. The van der Waals surface area contributed by atoms with Gasteiger partial charge in [-0.15, -0.1) is 5.10 Å². The highest BCUT2D eigenvalue weighted by molar-refractivity contribution is 5.83. The number of nitrogens with zero attached hydrogens (tertiary/aromatic N) is 5. The molecule has 0 fully saturated rings. The minimum absolute atomic E-state index is 0.518. The number of hydrogen-bond donors (Lipinski definition) is 1. The lowest BCUT2D eigenvalue weighted by molar-refractivity contribution is 0.810. The molecule has 0 aliphatic rings. The zero-order valence-electron chi connectivity index (χ0n) is 12.9. The van der Waals surface area contributed by atoms with Gasteiger partial charge in [-0.2, -0.15) is 4.68 Å². The van der Waals surface area contributed by atoms with E-state index in [4.69, 9.17) is 5.73 Å². The van der Waals surface area contributed by atoms with E-state index in [1.807, 2.05) is 61.0 Å². The Balaban J connectivity index is 1.81. The molecule has 6 nitrogen and oxygen atoms in total. The Kier molecular flexibility index (Phi) is 2.90. The van der Waals surface area contributed by atoms with Crippen molar-refractivity contribution < 1.29 is 0 Å². The van der Waals surface area contributed by atoms with Gasteiger partial charge in [0.15, 0.2) is 5.82 Å². The van der Waals surface area contributed by atoms with E-state index >= 15 is 0 Å². The molecular weight excluding hydrogens is 288 g/mol. The Labute approximate surface area is 133 Å². The number of benzene rings is 2. The van der Waals surface area contributed by atoms with E-state index in [-0.39, 0.29) is 0 Å². The van der Waals surface area contributed by atoms with Crippen LogP contribution in [0.1, 0.15) is 5.56 Å². The molecule has 4 rings (SSSR count). The van der Waals surface area contributed by atoms with Crippen molar-refractivity contribution in [2.24, 2.45) is 7.05 Å². The second kappa shape index (κ2) is 4.95. The number of rotatable bonds is 2. The number of aryl methyl sites for hydroxylation is 2. The Morgan fingerprint density at radius 2 is 1.83 bits per heavy atom. The van der Waals surface area contributed by atoms with Crippen molar-refractivity contribution in [3.8, 4) is 16.9 Å². The zero-order chi connectivity index (χ0) is 16.0. The monoisotopic (exact) mass is 304 g/mol. The molecule has 0 atom stereocenters. The maximum absolute atomic E-state index is 6.27. The Hall–Kier alpha value is -3.15. The zero-order valence-corrected chi connectivity index (χ0v) is 12.9. The molecule has 2 heterocycles. The van der Waals surface area contributed by atoms with Crippen molar-refractivity contribution in [3.05, 3.63) is 54.4 Å². The lowest BCUT2D eigenvalue weighted by Crippen LogP contribution is -2.02. The first-order valence-electron chi connectivity index (χ1n) is 7.33. The van der Waals surface area contributed by atoms with Crippen molar-refractivity contribution in [1.29, 1.82) is 0 Å². The summed E-state index contributed by atoms with van der Waals surface area (Å²) in [5.74, 6) is 0.518. The Morgan fingerprint density at radius 1 is 1.04 bits per heavy atom. The van der Waals surface area contributed by atoms with E-state index < -0.39 is 0 Å². The van der Waals surface area contributed by atoms with Crippen LogP contribution in [-0.4, -0.2) is 24.5 Å². The van der Waals surface area contributed by atoms with E-state index in [1.165, 1.54) is 5.56 Å². The number of anilines is 1. The van der Waals surface area contributed by atoms with Gasteiger partial charge in [0, 0.05) is 12.6 Å². The number of nitrogens with two attached hydrogens (primary N) is 1. The van der Waals surface area contributed by atoms with Crippen molar-refractivity contribution in [1.82, 2.24) is 24.5 Å². The number of aromatic nitrogens is 5. The molecule has 0 amide bonds. The second-order valence-electron chi connectivity index (χ2n) is 5.63. The number of nitrogen functional groups attached to an aromatic ring is 1. The van der Waals surface area contributed by atoms with E-state index in [0.29, 0.717) is 11.5 Å². The number of fused-ring (bicyclic) bond motifs is 1. The highest BCUT2D eigenvalue weighted by Crippen LogP contribution is 2.27. The van der Waals surface area contributed by atoms with Gasteiger partial charge in [0.25, 0.3) is 0 Å². The fraction of sp³-hybridized carbons (Fsp3) is 0.118. The van der Waals surface area contributed by atoms with Crippen LogP contribution in [0.3, 0.4) is 0 Å². The first-order valence-corrected chi connectivity index (χ1v) is 7.33. The van der Waals surface area contributed by atoms with Crippen LogP contribution in [0.15, 0.2) is 48.8 Å². The predicted octanol–water partition coefficient (Wildman–Crippen LogP) is 2.71. The van der Waals surface area contributed by atoms with Gasteiger partial charge < -0.3 is 10.3 Å². The van der Waals surface area contributed by atoms with Crippen LogP contribution in [0.4, 0.5) is 5.82 Å². The van der Waals surface area contributed by atoms with E-state index in [9.17, 15) is 0 Å². The summed E-state index contributed by atoms with van der Waals surface area (Å²) in [6.07, 6.45) is 1.79. The molecule has 0 spiro atoms. The minimum atomic E-state index is 0.518. The first-order chi connectivity index (χ1) is 11.1. The van der Waals surface area contributed by atoms with Gasteiger partial charge in [0.05, 0.1) is 23.0 Å². The summed E-state index contributed by atoms with van der Waals surface area (Å²) in [7, 11) is 1.97. The number of hydrogen-bond acceptors (Lipinski definition) is 4. The molecule has 23 heavy (non-hydrogen) atoms. The lowest BCUT2D eigenvalue weighted by Gasteiger charge is -2.04. The number of imidazole rings is 1. The van der Waals surface area contributed by atoms with Crippen molar-refractivity contribution in [2.45, 2.75) is 6.92 Å². The average molecular weight is 304 g/mol. The van der Waals surface area contributed by atoms with Crippen LogP contribution in [-0.2, 0) is 7.05 Å². The highest BCUT2D eigenvalue weighted by Gasteiger charge is 2.14. The molecule has 2 aromatic carbocycles. The van der Waals surface area contributed by atoms with Crippen LogP contribution in [0.2, 0.25) is 0 Å².